The lowest BCUT2D eigenvalue weighted by Gasteiger charge is -2.28. The molecule has 0 heterocycles. The maximum absolute atomic E-state index is 2.49. The van der Waals surface area contributed by atoms with E-state index in [1.54, 1.807) is 0 Å². The molecule has 1 heteroatoms. The minimum absolute atomic E-state index is 1.10. The highest BCUT2D eigenvalue weighted by molar-refractivity contribution is 6.30. The first-order chi connectivity index (χ1) is 33.2. The summed E-state index contributed by atoms with van der Waals surface area (Å²) in [6, 6.07) is 92.2. The van der Waals surface area contributed by atoms with Gasteiger partial charge in [-0.3, -0.25) is 0 Å². The van der Waals surface area contributed by atoms with Crippen molar-refractivity contribution in [3.8, 4) is 22.3 Å². The monoisotopic (exact) mass is 847 g/mol. The summed E-state index contributed by atoms with van der Waals surface area (Å²) in [5, 5.41) is 22.8. The van der Waals surface area contributed by atoms with E-state index in [1.165, 1.54) is 119 Å². The Labute approximate surface area is 388 Å². The zero-order valence-electron chi connectivity index (χ0n) is 36.6. The summed E-state index contributed by atoms with van der Waals surface area (Å²) >= 11 is 0. The highest BCUT2D eigenvalue weighted by Crippen LogP contribution is 2.47. The predicted molar refractivity (Wildman–Crippen MR) is 290 cm³/mol. The number of anilines is 3. The molecule has 0 bridgehead atoms. The zero-order valence-corrected chi connectivity index (χ0v) is 36.6. The minimum atomic E-state index is 1.10. The second kappa shape index (κ2) is 14.9. The molecule has 0 aliphatic heterocycles. The number of hydrogen-bond acceptors (Lipinski definition) is 1. The average Bonchev–Trinajstić information content (AvgIpc) is 3.41. The van der Waals surface area contributed by atoms with Gasteiger partial charge in [-0.15, -0.1) is 0 Å². The van der Waals surface area contributed by atoms with Crippen LogP contribution in [0.25, 0.3) is 119 Å². The lowest BCUT2D eigenvalue weighted by atomic mass is 9.91. The van der Waals surface area contributed by atoms with Gasteiger partial charge < -0.3 is 4.90 Å². The average molecular weight is 848 g/mol. The predicted octanol–water partition coefficient (Wildman–Crippen LogP) is 18.9. The maximum Gasteiger partial charge on any atom is 0.0546 e. The van der Waals surface area contributed by atoms with Crippen molar-refractivity contribution in [3.63, 3.8) is 0 Å². The van der Waals surface area contributed by atoms with Crippen molar-refractivity contribution in [2.45, 2.75) is 0 Å². The molecule has 0 radical (unpaired) electrons. The largest absolute Gasteiger partial charge is 0.310 e. The van der Waals surface area contributed by atoms with Gasteiger partial charge in [0.1, 0.15) is 0 Å². The maximum atomic E-state index is 2.49. The molecule has 0 N–H and O–H groups in total. The topological polar surface area (TPSA) is 3.24 Å². The first-order valence-corrected chi connectivity index (χ1v) is 23.2. The van der Waals surface area contributed by atoms with E-state index in [-0.39, 0.29) is 0 Å². The van der Waals surface area contributed by atoms with Gasteiger partial charge in [0.05, 0.1) is 5.69 Å². The van der Waals surface area contributed by atoms with E-state index in [9.17, 15) is 0 Å². The van der Waals surface area contributed by atoms with Gasteiger partial charge in [-0.25, -0.2) is 0 Å². The summed E-state index contributed by atoms with van der Waals surface area (Å²) in [7, 11) is 0. The third-order valence-electron chi connectivity index (χ3n) is 14.4. The summed E-state index contributed by atoms with van der Waals surface area (Å²) in [5.74, 6) is 0. The molecule has 0 saturated carbocycles. The molecule has 0 spiro atoms. The van der Waals surface area contributed by atoms with Gasteiger partial charge in [0.15, 0.2) is 0 Å². The second-order valence-electron chi connectivity index (χ2n) is 17.9. The molecule has 14 aromatic rings. The van der Waals surface area contributed by atoms with Crippen LogP contribution in [0.1, 0.15) is 0 Å². The molecule has 67 heavy (non-hydrogen) atoms. The van der Waals surface area contributed by atoms with Crippen LogP contribution in [0.15, 0.2) is 249 Å². The quantitative estimate of drug-likeness (QED) is 0.156. The smallest absolute Gasteiger partial charge is 0.0546 e. The third-order valence-corrected chi connectivity index (χ3v) is 14.4. The summed E-state index contributed by atoms with van der Waals surface area (Å²) in [5.41, 5.74) is 8.19. The summed E-state index contributed by atoms with van der Waals surface area (Å²) in [6.07, 6.45) is 0. The molecule has 14 aromatic carbocycles. The summed E-state index contributed by atoms with van der Waals surface area (Å²) in [4.78, 5) is 2.49. The van der Waals surface area contributed by atoms with Crippen LogP contribution in [0, 0.1) is 0 Å². The molecule has 0 unspecified atom stereocenters. The number of rotatable bonds is 5. The van der Waals surface area contributed by atoms with E-state index in [0.29, 0.717) is 0 Å². The fourth-order valence-corrected chi connectivity index (χ4v) is 11.3. The van der Waals surface area contributed by atoms with Crippen LogP contribution < -0.4 is 4.90 Å². The Morgan fingerprint density at radius 1 is 0.179 bits per heavy atom. The van der Waals surface area contributed by atoms with E-state index in [2.05, 4.69) is 254 Å². The Morgan fingerprint density at radius 2 is 0.493 bits per heavy atom. The SMILES string of the molecule is c1ccc(-c2ccc3c4ccc(N(c5ccc(-c6ccc7c8ccccc8c8ccccc8c7c6)cc5)c5cccc6c7ccccc7c7ccccc7c56)cc4c4ccccc4c3c2)cc1. The molecule has 14 rings (SSSR count). The molecule has 0 amide bonds. The van der Waals surface area contributed by atoms with Crippen LogP contribution >= 0.6 is 0 Å². The van der Waals surface area contributed by atoms with Crippen molar-refractivity contribution in [3.05, 3.63) is 249 Å². The molecule has 0 aliphatic rings. The van der Waals surface area contributed by atoms with Crippen molar-refractivity contribution in [2.75, 3.05) is 4.90 Å². The van der Waals surface area contributed by atoms with Gasteiger partial charge in [-0.05, 0) is 156 Å². The Kier molecular flexibility index (Phi) is 8.35. The number of hydrogen-bond donors (Lipinski definition) is 0. The van der Waals surface area contributed by atoms with Crippen molar-refractivity contribution >= 4 is 114 Å². The van der Waals surface area contributed by atoms with Crippen LogP contribution in [0.5, 0.6) is 0 Å². The highest BCUT2D eigenvalue weighted by atomic mass is 15.1. The van der Waals surface area contributed by atoms with Gasteiger partial charge in [0, 0.05) is 16.8 Å². The Hall–Kier alpha value is -8.78. The fraction of sp³-hybridized carbons (Fsp3) is 0. The third kappa shape index (κ3) is 5.81. The van der Waals surface area contributed by atoms with E-state index >= 15 is 0 Å². The number of benzene rings is 14. The van der Waals surface area contributed by atoms with Crippen LogP contribution in [-0.2, 0) is 0 Å². The van der Waals surface area contributed by atoms with Gasteiger partial charge in [0.25, 0.3) is 0 Å². The van der Waals surface area contributed by atoms with Crippen LogP contribution in [-0.4, -0.2) is 0 Å². The van der Waals surface area contributed by atoms with Gasteiger partial charge in [-0.1, -0.05) is 206 Å². The lowest BCUT2D eigenvalue weighted by Crippen LogP contribution is -2.10. The molecule has 310 valence electrons. The van der Waals surface area contributed by atoms with E-state index in [0.717, 1.165) is 17.1 Å². The number of fused-ring (bicyclic) bond motifs is 18. The lowest BCUT2D eigenvalue weighted by molar-refractivity contribution is 1.31. The van der Waals surface area contributed by atoms with Crippen molar-refractivity contribution < 1.29 is 0 Å². The van der Waals surface area contributed by atoms with Crippen LogP contribution in [0.4, 0.5) is 17.1 Å². The first kappa shape index (κ1) is 37.6. The molecule has 0 atom stereocenters. The number of nitrogens with zero attached hydrogens (tertiary/aromatic N) is 1. The fourth-order valence-electron chi connectivity index (χ4n) is 11.3. The summed E-state index contributed by atoms with van der Waals surface area (Å²) in [6.45, 7) is 0. The normalized spacial score (nSPS) is 11.9. The van der Waals surface area contributed by atoms with Gasteiger partial charge in [-0.2, -0.15) is 0 Å². The van der Waals surface area contributed by atoms with Crippen molar-refractivity contribution in [1.29, 1.82) is 0 Å². The molecule has 0 fully saturated rings. The Bertz CT molecular complexity index is 4220. The Balaban J connectivity index is 0.996. The molecule has 0 aliphatic carbocycles. The van der Waals surface area contributed by atoms with Gasteiger partial charge in [0.2, 0.25) is 0 Å². The Morgan fingerprint density at radius 3 is 0.970 bits per heavy atom. The summed E-state index contributed by atoms with van der Waals surface area (Å²) < 4.78 is 0. The van der Waals surface area contributed by atoms with Crippen LogP contribution in [0.3, 0.4) is 0 Å². The molecular formula is C66H41N. The van der Waals surface area contributed by atoms with E-state index in [1.807, 2.05) is 0 Å². The molecule has 0 aromatic heterocycles. The van der Waals surface area contributed by atoms with E-state index in [4.69, 9.17) is 0 Å². The van der Waals surface area contributed by atoms with Crippen LogP contribution in [0.2, 0.25) is 0 Å². The first-order valence-electron chi connectivity index (χ1n) is 23.2. The van der Waals surface area contributed by atoms with Crippen molar-refractivity contribution in [1.82, 2.24) is 0 Å². The standard InChI is InChI=1S/C66H41N/c1-2-15-42(16-3-1)44-31-37-58-59-38-35-47(41-64(59)56-25-11-10-24-55(56)63(58)39-44)67(65-28-14-27-61-53-21-8-6-20-51(53)52-22-12-13-26-60(52)66(61)65)46-33-29-43(30-34-46)45-32-36-57-50-19-5-4-17-48(50)49-18-7-9-23-54(49)62(57)40-45/h1-41H. The zero-order chi connectivity index (χ0) is 44.0. The minimum Gasteiger partial charge on any atom is -0.310 e. The highest BCUT2D eigenvalue weighted by Gasteiger charge is 2.21. The molecule has 1 nitrogen and oxygen atoms in total. The van der Waals surface area contributed by atoms with Gasteiger partial charge >= 0.3 is 0 Å². The van der Waals surface area contributed by atoms with E-state index < -0.39 is 0 Å². The second-order valence-corrected chi connectivity index (χ2v) is 17.9. The molecule has 0 saturated heterocycles. The van der Waals surface area contributed by atoms with Crippen molar-refractivity contribution in [2.24, 2.45) is 0 Å². The molecular weight excluding hydrogens is 807 g/mol.